The molecule has 0 heterocycles. The number of benzene rings is 1. The first-order valence-electron chi connectivity index (χ1n) is 6.24. The molecule has 1 aromatic rings. The van der Waals surface area contributed by atoms with Gasteiger partial charge in [-0.1, -0.05) is 0 Å². The molecule has 21 heavy (non-hydrogen) atoms. The summed E-state index contributed by atoms with van der Waals surface area (Å²) in [6.45, 7) is 1.28. The standard InChI is InChI=1S/C12H13ClN2O5S/c1-7-10(15(17)18)5-8(6-11(7)21(13,19)20)12(16)14-9-3-2-4-9/h5-6,9H,2-4H2,1H3,(H,14,16). The lowest BCUT2D eigenvalue weighted by atomic mass is 9.93. The molecule has 0 unspecified atom stereocenters. The van der Waals surface area contributed by atoms with E-state index in [1.54, 1.807) is 0 Å². The van der Waals surface area contributed by atoms with E-state index in [4.69, 9.17) is 10.7 Å². The average Bonchev–Trinajstić information content (AvgIpc) is 2.31. The first-order valence-corrected chi connectivity index (χ1v) is 8.55. The third kappa shape index (κ3) is 3.33. The Morgan fingerprint density at radius 3 is 2.48 bits per heavy atom. The minimum Gasteiger partial charge on any atom is -0.349 e. The summed E-state index contributed by atoms with van der Waals surface area (Å²) in [5, 5.41) is 13.7. The predicted octanol–water partition coefficient (Wildman–Crippen LogP) is 2.11. The number of amides is 1. The van der Waals surface area contributed by atoms with E-state index in [0.29, 0.717) is 0 Å². The van der Waals surface area contributed by atoms with E-state index in [1.165, 1.54) is 6.92 Å². The number of halogens is 1. The lowest BCUT2D eigenvalue weighted by Crippen LogP contribution is -2.39. The SMILES string of the molecule is Cc1c([N+](=O)[O-])cc(C(=O)NC2CCC2)cc1S(=O)(=O)Cl. The van der Waals surface area contributed by atoms with E-state index in [1.807, 2.05) is 0 Å². The van der Waals surface area contributed by atoms with Gasteiger partial charge in [0.25, 0.3) is 20.6 Å². The molecule has 2 rings (SSSR count). The van der Waals surface area contributed by atoms with Crippen LogP contribution >= 0.6 is 10.7 Å². The van der Waals surface area contributed by atoms with Crippen molar-refractivity contribution in [2.24, 2.45) is 0 Å². The van der Waals surface area contributed by atoms with Crippen LogP contribution in [0.25, 0.3) is 0 Å². The third-order valence-corrected chi connectivity index (χ3v) is 4.94. The van der Waals surface area contributed by atoms with Crippen molar-refractivity contribution in [3.63, 3.8) is 0 Å². The Bertz CT molecular complexity index is 713. The number of carbonyl (C=O) groups is 1. The van der Waals surface area contributed by atoms with Gasteiger partial charge >= 0.3 is 0 Å². The molecule has 0 saturated heterocycles. The van der Waals surface area contributed by atoms with Gasteiger partial charge in [-0.3, -0.25) is 14.9 Å². The fourth-order valence-corrected chi connectivity index (χ4v) is 3.29. The Kier molecular flexibility index (Phi) is 4.20. The molecular formula is C12H13ClN2O5S. The van der Waals surface area contributed by atoms with Crippen molar-refractivity contribution in [1.82, 2.24) is 5.32 Å². The molecule has 1 saturated carbocycles. The maximum Gasteiger partial charge on any atom is 0.274 e. The molecule has 0 aliphatic heterocycles. The Morgan fingerprint density at radius 1 is 1.43 bits per heavy atom. The van der Waals surface area contributed by atoms with Gasteiger partial charge in [0.1, 0.15) is 0 Å². The molecule has 0 atom stereocenters. The van der Waals surface area contributed by atoms with Gasteiger partial charge in [0.2, 0.25) is 0 Å². The van der Waals surface area contributed by atoms with Gasteiger partial charge in [0.05, 0.1) is 9.82 Å². The summed E-state index contributed by atoms with van der Waals surface area (Å²) in [6.07, 6.45) is 2.71. The van der Waals surface area contributed by atoms with E-state index >= 15 is 0 Å². The molecule has 114 valence electrons. The van der Waals surface area contributed by atoms with Crippen molar-refractivity contribution in [2.75, 3.05) is 0 Å². The molecule has 1 aliphatic carbocycles. The summed E-state index contributed by atoms with van der Waals surface area (Å²) in [5.41, 5.74) is -0.621. The first-order chi connectivity index (χ1) is 9.70. The highest BCUT2D eigenvalue weighted by Crippen LogP contribution is 2.29. The normalized spacial score (nSPS) is 15.3. The van der Waals surface area contributed by atoms with Crippen LogP contribution in [0.1, 0.15) is 35.2 Å². The maximum atomic E-state index is 12.0. The molecule has 1 fully saturated rings. The van der Waals surface area contributed by atoms with Gasteiger partial charge in [-0.25, -0.2) is 8.42 Å². The molecule has 0 radical (unpaired) electrons. The Morgan fingerprint density at radius 2 is 2.05 bits per heavy atom. The first kappa shape index (κ1) is 15.7. The third-order valence-electron chi connectivity index (χ3n) is 3.49. The van der Waals surface area contributed by atoms with Crippen molar-refractivity contribution >= 4 is 31.3 Å². The minimum atomic E-state index is -4.18. The Balaban J connectivity index is 2.48. The quantitative estimate of drug-likeness (QED) is 0.516. The van der Waals surface area contributed by atoms with E-state index < -0.39 is 30.5 Å². The fraction of sp³-hybridized carbons (Fsp3) is 0.417. The zero-order valence-electron chi connectivity index (χ0n) is 11.1. The summed E-state index contributed by atoms with van der Waals surface area (Å²) in [6, 6.07) is 2.17. The number of nitrogens with zero attached hydrogens (tertiary/aromatic N) is 1. The van der Waals surface area contributed by atoms with Crippen molar-refractivity contribution < 1.29 is 18.1 Å². The van der Waals surface area contributed by atoms with Gasteiger partial charge in [-0.15, -0.1) is 0 Å². The molecular weight excluding hydrogens is 320 g/mol. The van der Waals surface area contributed by atoms with Crippen LogP contribution in [-0.2, 0) is 9.05 Å². The van der Waals surface area contributed by atoms with Crippen LogP contribution < -0.4 is 5.32 Å². The number of hydrogen-bond acceptors (Lipinski definition) is 5. The number of nitrogens with one attached hydrogen (secondary N) is 1. The molecule has 0 aromatic heterocycles. The number of nitro groups is 1. The van der Waals surface area contributed by atoms with Crippen LogP contribution in [-0.4, -0.2) is 25.3 Å². The molecule has 1 aliphatic rings. The van der Waals surface area contributed by atoms with Crippen LogP contribution in [0.5, 0.6) is 0 Å². The molecule has 0 bridgehead atoms. The van der Waals surface area contributed by atoms with E-state index in [-0.39, 0.29) is 17.2 Å². The van der Waals surface area contributed by atoms with Crippen molar-refractivity contribution in [1.29, 1.82) is 0 Å². The predicted molar refractivity (Wildman–Crippen MR) is 76.0 cm³/mol. The largest absolute Gasteiger partial charge is 0.349 e. The average molecular weight is 333 g/mol. The van der Waals surface area contributed by atoms with Gasteiger partial charge < -0.3 is 5.32 Å². The van der Waals surface area contributed by atoms with Crippen LogP contribution in [0, 0.1) is 17.0 Å². The minimum absolute atomic E-state index is 0.0360. The molecule has 7 nitrogen and oxygen atoms in total. The van der Waals surface area contributed by atoms with Gasteiger partial charge in [-0.05, 0) is 32.3 Å². The second-order valence-corrected chi connectivity index (χ2v) is 7.45. The van der Waals surface area contributed by atoms with Crippen molar-refractivity contribution in [3.8, 4) is 0 Å². The smallest absolute Gasteiger partial charge is 0.274 e. The van der Waals surface area contributed by atoms with E-state index in [2.05, 4.69) is 5.32 Å². The number of rotatable bonds is 4. The van der Waals surface area contributed by atoms with E-state index in [9.17, 15) is 23.3 Å². The molecule has 1 amide bonds. The number of carbonyl (C=O) groups excluding carboxylic acids is 1. The summed E-state index contributed by atoms with van der Waals surface area (Å²) >= 11 is 0. The summed E-state index contributed by atoms with van der Waals surface area (Å²) in [4.78, 5) is 21.9. The van der Waals surface area contributed by atoms with Crippen LogP contribution in [0.2, 0.25) is 0 Å². The second-order valence-electron chi connectivity index (χ2n) is 4.91. The van der Waals surface area contributed by atoms with Crippen LogP contribution in [0.3, 0.4) is 0 Å². The summed E-state index contributed by atoms with van der Waals surface area (Å²) in [7, 11) is 1.10. The zero-order valence-corrected chi connectivity index (χ0v) is 12.7. The molecule has 9 heteroatoms. The lowest BCUT2D eigenvalue weighted by molar-refractivity contribution is -0.385. The zero-order chi connectivity index (χ0) is 15.8. The monoisotopic (exact) mass is 332 g/mol. The number of hydrogen-bond donors (Lipinski definition) is 1. The summed E-state index contributed by atoms with van der Waals surface area (Å²) < 4.78 is 23.0. The second kappa shape index (κ2) is 5.61. The maximum absolute atomic E-state index is 12.0. The topological polar surface area (TPSA) is 106 Å². The van der Waals surface area contributed by atoms with Crippen molar-refractivity contribution in [2.45, 2.75) is 37.1 Å². The van der Waals surface area contributed by atoms with Crippen molar-refractivity contribution in [3.05, 3.63) is 33.4 Å². The highest BCUT2D eigenvalue weighted by molar-refractivity contribution is 8.13. The summed E-state index contributed by atoms with van der Waals surface area (Å²) in [5.74, 6) is -0.538. The molecule has 0 spiro atoms. The highest BCUT2D eigenvalue weighted by atomic mass is 35.7. The fourth-order valence-electron chi connectivity index (χ4n) is 2.07. The van der Waals surface area contributed by atoms with Gasteiger partial charge in [0.15, 0.2) is 0 Å². The van der Waals surface area contributed by atoms with E-state index in [0.717, 1.165) is 31.4 Å². The molecule has 1 aromatic carbocycles. The molecule has 1 N–H and O–H groups in total. The van der Waals surface area contributed by atoms with Gasteiger partial charge in [-0.2, -0.15) is 0 Å². The Labute approximate surface area is 125 Å². The lowest BCUT2D eigenvalue weighted by Gasteiger charge is -2.26. The van der Waals surface area contributed by atoms with Crippen LogP contribution in [0.4, 0.5) is 5.69 Å². The Hall–Kier alpha value is -1.67. The number of nitro benzene ring substituents is 1. The van der Waals surface area contributed by atoms with Gasteiger partial charge in [0, 0.05) is 33.9 Å². The van der Waals surface area contributed by atoms with Crippen LogP contribution in [0.15, 0.2) is 17.0 Å². The highest BCUT2D eigenvalue weighted by Gasteiger charge is 2.27.